The van der Waals surface area contributed by atoms with E-state index in [0.717, 1.165) is 30.6 Å². The number of benzene rings is 1. The summed E-state index contributed by atoms with van der Waals surface area (Å²) in [5.41, 5.74) is 1.49. The van der Waals surface area contributed by atoms with Gasteiger partial charge >= 0.3 is 0 Å². The Labute approximate surface area is 158 Å². The Morgan fingerprint density at radius 2 is 1.96 bits per heavy atom. The second-order valence-electron chi connectivity index (χ2n) is 7.55. The zero-order valence-electron chi connectivity index (χ0n) is 15.5. The number of amides is 3. The molecule has 1 unspecified atom stereocenters. The van der Waals surface area contributed by atoms with Crippen LogP contribution < -0.4 is 15.4 Å². The van der Waals surface area contributed by atoms with Crippen LogP contribution in [0.15, 0.2) is 18.2 Å². The summed E-state index contributed by atoms with van der Waals surface area (Å²) in [7, 11) is 1.96. The molecule has 3 amide bonds. The topological polar surface area (TPSA) is 87.7 Å². The highest BCUT2D eigenvalue weighted by molar-refractivity contribution is 6.05. The van der Waals surface area contributed by atoms with Gasteiger partial charge in [0.05, 0.1) is 0 Å². The lowest BCUT2D eigenvalue weighted by Crippen LogP contribution is -2.52. The van der Waals surface area contributed by atoms with Crippen LogP contribution in [0.25, 0.3) is 0 Å². The molecule has 2 aliphatic heterocycles. The van der Waals surface area contributed by atoms with Crippen LogP contribution in [0.4, 0.5) is 0 Å². The maximum atomic E-state index is 12.7. The Kier molecular flexibility index (Phi) is 4.86. The molecule has 0 radical (unpaired) electrons. The number of likely N-dealkylation sites (N-methyl/N-ethyl adjacent to an activating group) is 1. The minimum atomic E-state index is -0.584. The molecule has 1 saturated heterocycles. The predicted octanol–water partition coefficient (Wildman–Crippen LogP) is 1.36. The maximum absolute atomic E-state index is 12.7. The summed E-state index contributed by atoms with van der Waals surface area (Å²) in [6.07, 6.45) is 5.26. The van der Waals surface area contributed by atoms with Crippen LogP contribution in [-0.4, -0.2) is 47.9 Å². The van der Waals surface area contributed by atoms with Crippen molar-refractivity contribution >= 4 is 17.7 Å². The second-order valence-corrected chi connectivity index (χ2v) is 7.55. The van der Waals surface area contributed by atoms with E-state index in [2.05, 4.69) is 10.6 Å². The smallest absolute Gasteiger partial charge is 0.255 e. The van der Waals surface area contributed by atoms with Gasteiger partial charge in [0.15, 0.2) is 0 Å². The van der Waals surface area contributed by atoms with Gasteiger partial charge in [-0.15, -0.1) is 0 Å². The lowest BCUT2D eigenvalue weighted by atomic mass is 9.92. The van der Waals surface area contributed by atoms with Gasteiger partial charge in [-0.05, 0) is 56.5 Å². The summed E-state index contributed by atoms with van der Waals surface area (Å²) in [6.45, 7) is 0.373. The summed E-state index contributed by atoms with van der Waals surface area (Å²) in [4.78, 5) is 37.8. The fourth-order valence-corrected chi connectivity index (χ4v) is 4.37. The molecule has 2 heterocycles. The molecule has 7 heteroatoms. The van der Waals surface area contributed by atoms with Crippen molar-refractivity contribution in [2.75, 3.05) is 7.05 Å². The largest absolute Gasteiger partial charge is 0.489 e. The van der Waals surface area contributed by atoms with Gasteiger partial charge in [0.2, 0.25) is 11.8 Å². The zero-order valence-corrected chi connectivity index (χ0v) is 15.5. The third-order valence-corrected chi connectivity index (χ3v) is 5.86. The lowest BCUT2D eigenvalue weighted by molar-refractivity contribution is -0.136. The van der Waals surface area contributed by atoms with E-state index in [9.17, 15) is 14.4 Å². The molecule has 1 aliphatic carbocycles. The van der Waals surface area contributed by atoms with Crippen molar-refractivity contribution < 1.29 is 19.1 Å². The molecular formula is C20H25N3O4. The third kappa shape index (κ3) is 3.43. The van der Waals surface area contributed by atoms with E-state index in [1.165, 1.54) is 6.42 Å². The number of rotatable bonds is 4. The number of piperidine rings is 1. The van der Waals surface area contributed by atoms with Crippen LogP contribution in [0.1, 0.15) is 54.4 Å². The van der Waals surface area contributed by atoms with Gasteiger partial charge in [-0.3, -0.25) is 19.7 Å². The van der Waals surface area contributed by atoms with Gasteiger partial charge < -0.3 is 15.0 Å². The highest BCUT2D eigenvalue weighted by Gasteiger charge is 2.39. The van der Waals surface area contributed by atoms with Gasteiger partial charge in [0, 0.05) is 24.6 Å². The number of carbonyl (C=O) groups excluding carboxylic acids is 3. The minimum absolute atomic E-state index is 0.130. The Morgan fingerprint density at radius 3 is 2.74 bits per heavy atom. The second kappa shape index (κ2) is 7.31. The fraction of sp³-hybridized carbons (Fsp3) is 0.550. The first-order valence-corrected chi connectivity index (χ1v) is 9.68. The number of imide groups is 1. The molecule has 3 aliphatic rings. The van der Waals surface area contributed by atoms with Gasteiger partial charge in [0.1, 0.15) is 17.9 Å². The SMILES string of the molecule is CN[C@@H]1CCCC[C@@H]1Oc1ccc2c(c1)CN(C1CCC(=O)NC1=O)C2=O. The molecular weight excluding hydrogens is 346 g/mol. The van der Waals surface area contributed by atoms with Crippen LogP contribution in [0.2, 0.25) is 0 Å². The Bertz CT molecular complexity index is 778. The lowest BCUT2D eigenvalue weighted by Gasteiger charge is -2.31. The highest BCUT2D eigenvalue weighted by Crippen LogP contribution is 2.31. The highest BCUT2D eigenvalue weighted by atomic mass is 16.5. The van der Waals surface area contributed by atoms with Gasteiger partial charge in [-0.1, -0.05) is 6.42 Å². The number of hydrogen-bond acceptors (Lipinski definition) is 5. The van der Waals surface area contributed by atoms with Crippen LogP contribution in [-0.2, 0) is 16.1 Å². The number of fused-ring (bicyclic) bond motifs is 1. The van der Waals surface area contributed by atoms with Crippen LogP contribution in [0, 0.1) is 0 Å². The van der Waals surface area contributed by atoms with Crippen molar-refractivity contribution in [3.8, 4) is 5.75 Å². The Morgan fingerprint density at radius 1 is 1.15 bits per heavy atom. The summed E-state index contributed by atoms with van der Waals surface area (Å²) >= 11 is 0. The molecule has 4 rings (SSSR count). The number of ether oxygens (including phenoxy) is 1. The number of hydrogen-bond donors (Lipinski definition) is 2. The molecule has 3 atom stereocenters. The van der Waals surface area contributed by atoms with E-state index < -0.39 is 6.04 Å². The molecule has 1 saturated carbocycles. The molecule has 27 heavy (non-hydrogen) atoms. The maximum Gasteiger partial charge on any atom is 0.255 e. The molecule has 0 spiro atoms. The van der Waals surface area contributed by atoms with Crippen LogP contribution in [0.3, 0.4) is 0 Å². The summed E-state index contributed by atoms with van der Waals surface area (Å²) in [6, 6.07) is 5.30. The number of carbonyl (C=O) groups is 3. The average molecular weight is 371 g/mol. The quantitative estimate of drug-likeness (QED) is 0.781. The first-order chi connectivity index (χ1) is 13.1. The number of nitrogens with one attached hydrogen (secondary N) is 2. The third-order valence-electron chi connectivity index (χ3n) is 5.86. The van der Waals surface area contributed by atoms with Crippen LogP contribution >= 0.6 is 0 Å². The molecule has 0 aromatic heterocycles. The minimum Gasteiger partial charge on any atom is -0.489 e. The van der Waals surface area contributed by atoms with Gasteiger partial charge in [-0.2, -0.15) is 0 Å². The predicted molar refractivity (Wildman–Crippen MR) is 98.2 cm³/mol. The van der Waals surface area contributed by atoms with Crippen molar-refractivity contribution in [3.05, 3.63) is 29.3 Å². The van der Waals surface area contributed by atoms with E-state index in [1.54, 1.807) is 11.0 Å². The van der Waals surface area contributed by atoms with Gasteiger partial charge in [-0.25, -0.2) is 0 Å². The van der Waals surface area contributed by atoms with E-state index in [-0.39, 0.29) is 30.2 Å². The first kappa shape index (κ1) is 18.0. The van der Waals surface area contributed by atoms with E-state index >= 15 is 0 Å². The van der Waals surface area contributed by atoms with Crippen molar-refractivity contribution in [1.29, 1.82) is 0 Å². The molecule has 2 fully saturated rings. The molecule has 144 valence electrons. The summed E-state index contributed by atoms with van der Waals surface area (Å²) < 4.78 is 6.22. The zero-order chi connectivity index (χ0) is 19.0. The summed E-state index contributed by atoms with van der Waals surface area (Å²) in [5, 5.41) is 5.66. The van der Waals surface area contributed by atoms with Crippen molar-refractivity contribution in [2.45, 2.75) is 63.3 Å². The van der Waals surface area contributed by atoms with Gasteiger partial charge in [0.25, 0.3) is 5.91 Å². The average Bonchev–Trinajstić information content (AvgIpc) is 2.98. The number of nitrogens with zero attached hydrogens (tertiary/aromatic N) is 1. The van der Waals surface area contributed by atoms with Crippen molar-refractivity contribution in [1.82, 2.24) is 15.5 Å². The molecule has 0 bridgehead atoms. The van der Waals surface area contributed by atoms with Crippen molar-refractivity contribution in [2.24, 2.45) is 0 Å². The standard InChI is InChI=1S/C20H25N3O4/c1-21-15-4-2-3-5-17(15)27-13-6-7-14-12(10-13)11-23(20(14)26)16-8-9-18(24)22-19(16)25/h6-7,10,15-17,21H,2-5,8-9,11H2,1H3,(H,22,24,25)/t15-,16?,17+/m1/s1. The van der Waals surface area contributed by atoms with E-state index in [0.29, 0.717) is 24.6 Å². The van der Waals surface area contributed by atoms with Crippen LogP contribution in [0.5, 0.6) is 5.75 Å². The summed E-state index contributed by atoms with van der Waals surface area (Å²) in [5.74, 6) is -0.0544. The first-order valence-electron chi connectivity index (χ1n) is 9.68. The Hall–Kier alpha value is -2.41. The molecule has 2 N–H and O–H groups in total. The normalized spacial score (nSPS) is 28.1. The molecule has 1 aromatic carbocycles. The van der Waals surface area contributed by atoms with Crippen molar-refractivity contribution in [3.63, 3.8) is 0 Å². The molecule has 1 aromatic rings. The monoisotopic (exact) mass is 371 g/mol. The fourth-order valence-electron chi connectivity index (χ4n) is 4.37. The molecule has 7 nitrogen and oxygen atoms in total. The van der Waals surface area contributed by atoms with E-state index in [1.807, 2.05) is 19.2 Å². The Balaban J connectivity index is 1.49. The van der Waals surface area contributed by atoms with E-state index in [4.69, 9.17) is 4.74 Å².